The quantitative estimate of drug-likeness (QED) is 0.627. The lowest BCUT2D eigenvalue weighted by molar-refractivity contribution is -0.157. The number of carbonyl (C=O) groups is 3. The first-order valence-corrected chi connectivity index (χ1v) is 5.53. The standard InChI is InChI=1S/C11H15NO4/c1-16-11(15)9-6-8(13)4-5-12(9)10(14)7-2-3-7/h7,9H,2-6H2,1H3. The maximum Gasteiger partial charge on any atom is 0.329 e. The van der Waals surface area contributed by atoms with Crippen LogP contribution in [0.1, 0.15) is 25.7 Å². The van der Waals surface area contributed by atoms with E-state index in [0.29, 0.717) is 13.0 Å². The van der Waals surface area contributed by atoms with E-state index in [9.17, 15) is 14.4 Å². The van der Waals surface area contributed by atoms with Crippen LogP contribution in [-0.2, 0) is 19.1 Å². The molecule has 1 saturated heterocycles. The van der Waals surface area contributed by atoms with Gasteiger partial charge in [-0.2, -0.15) is 0 Å². The number of nitrogens with zero attached hydrogens (tertiary/aromatic N) is 1. The number of ether oxygens (including phenoxy) is 1. The van der Waals surface area contributed by atoms with Crippen LogP contribution in [0.15, 0.2) is 0 Å². The average Bonchev–Trinajstić information content (AvgIpc) is 3.11. The summed E-state index contributed by atoms with van der Waals surface area (Å²) in [7, 11) is 1.28. The second-order valence-corrected chi connectivity index (χ2v) is 4.34. The average molecular weight is 225 g/mol. The molecule has 1 heterocycles. The van der Waals surface area contributed by atoms with Gasteiger partial charge in [0.2, 0.25) is 5.91 Å². The third kappa shape index (κ3) is 2.08. The molecule has 5 heteroatoms. The molecule has 1 aliphatic heterocycles. The first-order chi connectivity index (χ1) is 7.63. The van der Waals surface area contributed by atoms with E-state index < -0.39 is 12.0 Å². The number of ketones is 1. The van der Waals surface area contributed by atoms with Crippen LogP contribution in [0.3, 0.4) is 0 Å². The van der Waals surface area contributed by atoms with E-state index in [2.05, 4.69) is 4.74 Å². The number of rotatable bonds is 2. The number of hydrogen-bond donors (Lipinski definition) is 0. The van der Waals surface area contributed by atoms with Gasteiger partial charge in [0.15, 0.2) is 0 Å². The fourth-order valence-corrected chi connectivity index (χ4v) is 2.00. The Morgan fingerprint density at radius 1 is 1.38 bits per heavy atom. The number of carbonyl (C=O) groups excluding carboxylic acids is 3. The van der Waals surface area contributed by atoms with Crippen molar-refractivity contribution in [3.05, 3.63) is 0 Å². The summed E-state index contributed by atoms with van der Waals surface area (Å²) >= 11 is 0. The second kappa shape index (κ2) is 4.23. The molecular weight excluding hydrogens is 210 g/mol. The number of esters is 1. The Morgan fingerprint density at radius 2 is 2.06 bits per heavy atom. The van der Waals surface area contributed by atoms with Crippen LogP contribution < -0.4 is 0 Å². The third-order valence-corrected chi connectivity index (χ3v) is 3.11. The summed E-state index contributed by atoms with van der Waals surface area (Å²) in [5.41, 5.74) is 0. The van der Waals surface area contributed by atoms with Crippen LogP contribution in [0.5, 0.6) is 0 Å². The first-order valence-electron chi connectivity index (χ1n) is 5.53. The maximum atomic E-state index is 11.9. The molecule has 0 aromatic carbocycles. The molecule has 88 valence electrons. The van der Waals surface area contributed by atoms with Gasteiger partial charge in [0.05, 0.1) is 7.11 Å². The van der Waals surface area contributed by atoms with Gasteiger partial charge in [-0.15, -0.1) is 0 Å². The lowest BCUT2D eigenvalue weighted by Crippen LogP contribution is -2.51. The van der Waals surface area contributed by atoms with Crippen molar-refractivity contribution in [2.24, 2.45) is 5.92 Å². The van der Waals surface area contributed by atoms with Gasteiger partial charge in [0.25, 0.3) is 0 Å². The van der Waals surface area contributed by atoms with Gasteiger partial charge >= 0.3 is 5.97 Å². The molecule has 2 rings (SSSR count). The molecule has 0 spiro atoms. The van der Waals surface area contributed by atoms with Gasteiger partial charge in [0, 0.05) is 25.3 Å². The fraction of sp³-hybridized carbons (Fsp3) is 0.727. The number of hydrogen-bond acceptors (Lipinski definition) is 4. The van der Waals surface area contributed by atoms with Gasteiger partial charge in [-0.3, -0.25) is 9.59 Å². The minimum Gasteiger partial charge on any atom is -0.467 e. The van der Waals surface area contributed by atoms with Crippen LogP contribution in [-0.4, -0.2) is 42.3 Å². The Hall–Kier alpha value is -1.39. The molecule has 2 aliphatic rings. The van der Waals surface area contributed by atoms with E-state index in [-0.39, 0.29) is 24.0 Å². The van der Waals surface area contributed by atoms with Gasteiger partial charge in [-0.1, -0.05) is 0 Å². The lowest BCUT2D eigenvalue weighted by Gasteiger charge is -2.33. The number of methoxy groups -OCH3 is 1. The molecule has 2 fully saturated rings. The van der Waals surface area contributed by atoms with Crippen molar-refractivity contribution >= 4 is 17.7 Å². The summed E-state index contributed by atoms with van der Waals surface area (Å²) in [6.45, 7) is 0.355. The van der Waals surface area contributed by atoms with Crippen molar-refractivity contribution in [1.29, 1.82) is 0 Å². The van der Waals surface area contributed by atoms with Crippen molar-refractivity contribution in [3.63, 3.8) is 0 Å². The van der Waals surface area contributed by atoms with Crippen molar-refractivity contribution in [2.45, 2.75) is 31.7 Å². The molecule has 0 aromatic rings. The highest BCUT2D eigenvalue weighted by Gasteiger charge is 2.41. The fourth-order valence-electron chi connectivity index (χ4n) is 2.00. The smallest absolute Gasteiger partial charge is 0.329 e. The maximum absolute atomic E-state index is 11.9. The number of likely N-dealkylation sites (tertiary alicyclic amines) is 1. The second-order valence-electron chi connectivity index (χ2n) is 4.34. The molecule has 0 aromatic heterocycles. The summed E-state index contributed by atoms with van der Waals surface area (Å²) in [6.07, 6.45) is 2.26. The highest BCUT2D eigenvalue weighted by molar-refractivity contribution is 5.93. The molecule has 1 aliphatic carbocycles. The van der Waals surface area contributed by atoms with Gasteiger partial charge < -0.3 is 9.64 Å². The van der Waals surface area contributed by atoms with Crippen molar-refractivity contribution < 1.29 is 19.1 Å². The number of Topliss-reactive ketones (excluding diaryl/α,β-unsaturated/α-hetero) is 1. The van der Waals surface area contributed by atoms with Crippen LogP contribution in [0.4, 0.5) is 0 Å². The van der Waals surface area contributed by atoms with Crippen molar-refractivity contribution in [1.82, 2.24) is 4.90 Å². The zero-order chi connectivity index (χ0) is 11.7. The number of piperidine rings is 1. The minimum atomic E-state index is -0.695. The van der Waals surface area contributed by atoms with Crippen LogP contribution >= 0.6 is 0 Å². The lowest BCUT2D eigenvalue weighted by atomic mass is 10.0. The molecule has 16 heavy (non-hydrogen) atoms. The molecular formula is C11H15NO4. The Kier molecular flexibility index (Phi) is 2.94. The third-order valence-electron chi connectivity index (χ3n) is 3.11. The molecule has 1 amide bonds. The molecule has 5 nitrogen and oxygen atoms in total. The normalized spacial score (nSPS) is 25.4. The first kappa shape index (κ1) is 11.1. The van der Waals surface area contributed by atoms with Gasteiger partial charge in [-0.25, -0.2) is 4.79 Å². The zero-order valence-corrected chi connectivity index (χ0v) is 9.27. The summed E-state index contributed by atoms with van der Waals surface area (Å²) < 4.78 is 4.63. The Labute approximate surface area is 93.7 Å². The summed E-state index contributed by atoms with van der Waals surface area (Å²) in [4.78, 5) is 36.2. The van der Waals surface area contributed by atoms with Gasteiger partial charge in [-0.05, 0) is 12.8 Å². The van der Waals surface area contributed by atoms with Crippen molar-refractivity contribution in [3.8, 4) is 0 Å². The Balaban J connectivity index is 2.10. The Bertz CT molecular complexity index is 335. The topological polar surface area (TPSA) is 63.7 Å². The Morgan fingerprint density at radius 3 is 2.62 bits per heavy atom. The highest BCUT2D eigenvalue weighted by Crippen LogP contribution is 2.33. The largest absolute Gasteiger partial charge is 0.467 e. The summed E-state index contributed by atoms with van der Waals surface area (Å²) in [5.74, 6) is -0.388. The molecule has 1 saturated carbocycles. The van der Waals surface area contributed by atoms with Crippen molar-refractivity contribution in [2.75, 3.05) is 13.7 Å². The van der Waals surface area contributed by atoms with E-state index in [1.807, 2.05) is 0 Å². The SMILES string of the molecule is COC(=O)C1CC(=O)CCN1C(=O)C1CC1. The molecule has 1 atom stereocenters. The molecule has 0 bridgehead atoms. The molecule has 0 N–H and O–H groups in total. The van der Waals surface area contributed by atoms with Gasteiger partial charge in [0.1, 0.15) is 11.8 Å². The van der Waals surface area contributed by atoms with E-state index in [4.69, 9.17) is 0 Å². The predicted molar refractivity (Wildman–Crippen MR) is 54.5 cm³/mol. The van der Waals surface area contributed by atoms with E-state index in [1.165, 1.54) is 12.0 Å². The summed E-state index contributed by atoms with van der Waals surface area (Å²) in [6, 6.07) is -0.695. The van der Waals surface area contributed by atoms with E-state index in [0.717, 1.165) is 12.8 Å². The van der Waals surface area contributed by atoms with E-state index in [1.54, 1.807) is 0 Å². The minimum absolute atomic E-state index is 0.00269. The van der Waals surface area contributed by atoms with Crippen LogP contribution in [0.2, 0.25) is 0 Å². The monoisotopic (exact) mass is 225 g/mol. The predicted octanol–water partition coefficient (Wildman–Crippen LogP) is 0.129. The van der Waals surface area contributed by atoms with Crippen LogP contribution in [0, 0.1) is 5.92 Å². The summed E-state index contributed by atoms with van der Waals surface area (Å²) in [5, 5.41) is 0. The molecule has 1 unspecified atom stereocenters. The van der Waals surface area contributed by atoms with Crippen LogP contribution in [0.25, 0.3) is 0 Å². The molecule has 0 radical (unpaired) electrons. The zero-order valence-electron chi connectivity index (χ0n) is 9.27. The highest BCUT2D eigenvalue weighted by atomic mass is 16.5. The number of amides is 1. The van der Waals surface area contributed by atoms with E-state index >= 15 is 0 Å².